The molecule has 6 heteroatoms. The Labute approximate surface area is 178 Å². The van der Waals surface area contributed by atoms with E-state index in [-0.39, 0.29) is 30.8 Å². The molecular formula is C24H31N3O3. The van der Waals surface area contributed by atoms with E-state index in [9.17, 15) is 9.59 Å². The van der Waals surface area contributed by atoms with E-state index in [1.54, 1.807) is 6.92 Å². The molecule has 6 nitrogen and oxygen atoms in total. The van der Waals surface area contributed by atoms with E-state index in [1.165, 1.54) is 11.3 Å². The van der Waals surface area contributed by atoms with Crippen LogP contribution in [0.5, 0.6) is 0 Å². The molecule has 0 radical (unpaired) electrons. The highest BCUT2D eigenvalue weighted by Gasteiger charge is 2.27. The summed E-state index contributed by atoms with van der Waals surface area (Å²) in [6, 6.07) is 16.9. The van der Waals surface area contributed by atoms with Gasteiger partial charge in [0.15, 0.2) is 0 Å². The Bertz CT molecular complexity index is 864. The zero-order chi connectivity index (χ0) is 21.5. The van der Waals surface area contributed by atoms with Gasteiger partial charge in [0.25, 0.3) is 0 Å². The monoisotopic (exact) mass is 409 g/mol. The van der Waals surface area contributed by atoms with Crippen molar-refractivity contribution in [3.05, 3.63) is 59.7 Å². The van der Waals surface area contributed by atoms with Crippen LogP contribution in [0, 0.1) is 0 Å². The van der Waals surface area contributed by atoms with E-state index >= 15 is 0 Å². The number of nitrogens with one attached hydrogen (secondary N) is 1. The Hall–Kier alpha value is -3.02. The van der Waals surface area contributed by atoms with Crippen molar-refractivity contribution in [2.75, 3.05) is 43.6 Å². The first-order valence-corrected chi connectivity index (χ1v) is 10.5. The summed E-state index contributed by atoms with van der Waals surface area (Å²) < 4.78 is 4.91. The first-order chi connectivity index (χ1) is 14.5. The van der Waals surface area contributed by atoms with E-state index in [1.807, 2.05) is 14.1 Å². The second-order valence-electron chi connectivity index (χ2n) is 7.68. The van der Waals surface area contributed by atoms with Crippen LogP contribution in [0.1, 0.15) is 36.9 Å². The molecule has 1 atom stereocenters. The first-order valence-electron chi connectivity index (χ1n) is 10.5. The molecular weight excluding hydrogens is 378 g/mol. The van der Waals surface area contributed by atoms with Gasteiger partial charge in [-0.2, -0.15) is 0 Å². The van der Waals surface area contributed by atoms with Crippen molar-refractivity contribution < 1.29 is 14.3 Å². The lowest BCUT2D eigenvalue weighted by atomic mass is 10.0. The maximum absolute atomic E-state index is 12.3. The fraction of sp³-hybridized carbons (Fsp3) is 0.417. The molecule has 1 heterocycles. The van der Waals surface area contributed by atoms with Gasteiger partial charge < -0.3 is 19.9 Å². The molecule has 2 aromatic carbocycles. The van der Waals surface area contributed by atoms with Gasteiger partial charge in [-0.15, -0.1) is 0 Å². The summed E-state index contributed by atoms with van der Waals surface area (Å²) in [6.07, 6.45) is 1.25. The van der Waals surface area contributed by atoms with Gasteiger partial charge in [-0.3, -0.25) is 9.59 Å². The number of fused-ring (bicyclic) bond motifs is 1. The van der Waals surface area contributed by atoms with E-state index in [2.05, 4.69) is 63.6 Å². The zero-order valence-electron chi connectivity index (χ0n) is 18.1. The number of benzene rings is 2. The van der Waals surface area contributed by atoms with Crippen molar-refractivity contribution in [1.29, 1.82) is 0 Å². The summed E-state index contributed by atoms with van der Waals surface area (Å²) in [5, 5.41) is 3.02. The predicted molar refractivity (Wildman–Crippen MR) is 120 cm³/mol. The van der Waals surface area contributed by atoms with Crippen LogP contribution in [0.25, 0.3) is 0 Å². The highest BCUT2D eigenvalue weighted by atomic mass is 16.5. The SMILES string of the molecule is CCOC(=O)CCC(=O)NCC(c1ccc(N(C)C)cc1)N1CCc2ccccc21. The molecule has 0 saturated carbocycles. The Morgan fingerprint density at radius 2 is 1.83 bits per heavy atom. The number of amides is 1. The molecule has 2 aromatic rings. The largest absolute Gasteiger partial charge is 0.466 e. The summed E-state index contributed by atoms with van der Waals surface area (Å²) >= 11 is 0. The van der Waals surface area contributed by atoms with Crippen LogP contribution in [0.15, 0.2) is 48.5 Å². The number of ether oxygens (including phenoxy) is 1. The summed E-state index contributed by atoms with van der Waals surface area (Å²) in [5.74, 6) is -0.470. The van der Waals surface area contributed by atoms with Gasteiger partial charge in [0.2, 0.25) is 5.91 Å². The summed E-state index contributed by atoms with van der Waals surface area (Å²) in [4.78, 5) is 28.3. The third-order valence-corrected chi connectivity index (χ3v) is 5.45. The van der Waals surface area contributed by atoms with Gasteiger partial charge >= 0.3 is 5.97 Å². The normalized spacial score (nSPS) is 13.5. The van der Waals surface area contributed by atoms with Crippen molar-refractivity contribution in [1.82, 2.24) is 5.32 Å². The van der Waals surface area contributed by atoms with Gasteiger partial charge in [-0.25, -0.2) is 0 Å². The molecule has 0 fully saturated rings. The summed E-state index contributed by atoms with van der Waals surface area (Å²) in [6.45, 7) is 3.49. The number of hydrogen-bond acceptors (Lipinski definition) is 5. The van der Waals surface area contributed by atoms with Crippen LogP contribution in [-0.4, -0.2) is 45.7 Å². The lowest BCUT2D eigenvalue weighted by Crippen LogP contribution is -2.37. The van der Waals surface area contributed by atoms with Gasteiger partial charge in [0.05, 0.1) is 19.1 Å². The fourth-order valence-corrected chi connectivity index (χ4v) is 3.84. The van der Waals surface area contributed by atoms with Crippen LogP contribution in [0.4, 0.5) is 11.4 Å². The van der Waals surface area contributed by atoms with Gasteiger partial charge in [0.1, 0.15) is 0 Å². The van der Waals surface area contributed by atoms with Crippen molar-refractivity contribution in [3.8, 4) is 0 Å². The van der Waals surface area contributed by atoms with Gasteiger partial charge in [-0.1, -0.05) is 30.3 Å². The number of carbonyl (C=O) groups excluding carboxylic acids is 2. The Morgan fingerprint density at radius 3 is 2.53 bits per heavy atom. The number of nitrogens with zero attached hydrogens (tertiary/aromatic N) is 2. The van der Waals surface area contributed by atoms with Crippen LogP contribution in [-0.2, 0) is 20.7 Å². The number of anilines is 2. The molecule has 30 heavy (non-hydrogen) atoms. The number of carbonyl (C=O) groups is 2. The van der Waals surface area contributed by atoms with Crippen molar-refractivity contribution >= 4 is 23.3 Å². The quantitative estimate of drug-likeness (QED) is 0.644. The third-order valence-electron chi connectivity index (χ3n) is 5.45. The van der Waals surface area contributed by atoms with E-state index in [0.29, 0.717) is 13.2 Å². The fourth-order valence-electron chi connectivity index (χ4n) is 3.84. The van der Waals surface area contributed by atoms with Gasteiger partial charge in [0, 0.05) is 45.0 Å². The molecule has 160 valence electrons. The van der Waals surface area contributed by atoms with E-state index < -0.39 is 0 Å². The Kier molecular flexibility index (Phi) is 7.33. The average Bonchev–Trinajstić information content (AvgIpc) is 3.17. The minimum Gasteiger partial charge on any atom is -0.466 e. The summed E-state index contributed by atoms with van der Waals surface area (Å²) in [5.41, 5.74) is 4.85. The molecule has 1 aliphatic rings. The lowest BCUT2D eigenvalue weighted by Gasteiger charge is -2.31. The minimum atomic E-state index is -0.336. The molecule has 0 saturated heterocycles. The second kappa shape index (κ2) is 10.1. The number of esters is 1. The standard InChI is InChI=1S/C24H31N3O3/c1-4-30-24(29)14-13-23(28)25-17-22(19-9-11-20(12-10-19)26(2)3)27-16-15-18-7-5-6-8-21(18)27/h5-12,22H,4,13-17H2,1-3H3,(H,25,28). The molecule has 0 aliphatic carbocycles. The Balaban J connectivity index is 1.73. The van der Waals surface area contributed by atoms with Crippen LogP contribution in [0.2, 0.25) is 0 Å². The van der Waals surface area contributed by atoms with Crippen LogP contribution >= 0.6 is 0 Å². The molecule has 1 aliphatic heterocycles. The van der Waals surface area contributed by atoms with Gasteiger partial charge in [-0.05, 0) is 42.7 Å². The zero-order valence-corrected chi connectivity index (χ0v) is 18.1. The molecule has 1 amide bonds. The molecule has 0 spiro atoms. The van der Waals surface area contributed by atoms with Crippen molar-refractivity contribution in [2.45, 2.75) is 32.2 Å². The highest BCUT2D eigenvalue weighted by Crippen LogP contribution is 2.35. The smallest absolute Gasteiger partial charge is 0.306 e. The maximum Gasteiger partial charge on any atom is 0.306 e. The molecule has 0 bridgehead atoms. The lowest BCUT2D eigenvalue weighted by molar-refractivity contribution is -0.144. The van der Waals surface area contributed by atoms with Crippen molar-refractivity contribution in [3.63, 3.8) is 0 Å². The highest BCUT2D eigenvalue weighted by molar-refractivity contribution is 5.81. The minimum absolute atomic E-state index is 0.0244. The molecule has 1 unspecified atom stereocenters. The van der Waals surface area contributed by atoms with E-state index in [4.69, 9.17) is 4.74 Å². The van der Waals surface area contributed by atoms with E-state index in [0.717, 1.165) is 24.2 Å². The second-order valence-corrected chi connectivity index (χ2v) is 7.68. The number of para-hydroxylation sites is 1. The third kappa shape index (κ3) is 5.32. The van der Waals surface area contributed by atoms with Crippen molar-refractivity contribution in [2.24, 2.45) is 0 Å². The number of hydrogen-bond donors (Lipinski definition) is 1. The first kappa shape index (κ1) is 21.7. The molecule has 0 aromatic heterocycles. The average molecular weight is 410 g/mol. The molecule has 3 rings (SSSR count). The number of rotatable bonds is 9. The van der Waals surface area contributed by atoms with Crippen LogP contribution in [0.3, 0.4) is 0 Å². The topological polar surface area (TPSA) is 61.9 Å². The Morgan fingerprint density at radius 1 is 1.10 bits per heavy atom. The predicted octanol–water partition coefficient (Wildman–Crippen LogP) is 3.32. The molecule has 1 N–H and O–H groups in total. The summed E-state index contributed by atoms with van der Waals surface area (Å²) in [7, 11) is 4.04. The van der Waals surface area contributed by atoms with Crippen LogP contribution < -0.4 is 15.1 Å². The maximum atomic E-state index is 12.3.